The van der Waals surface area contributed by atoms with Crippen molar-refractivity contribution in [2.75, 3.05) is 7.11 Å². The van der Waals surface area contributed by atoms with Gasteiger partial charge >= 0.3 is 11.9 Å². The van der Waals surface area contributed by atoms with Crippen molar-refractivity contribution in [2.24, 2.45) is 5.92 Å². The van der Waals surface area contributed by atoms with Crippen LogP contribution in [0.4, 0.5) is 0 Å². The topological polar surface area (TPSA) is 82.1 Å². The third-order valence-electron chi connectivity index (χ3n) is 3.19. The van der Waals surface area contributed by atoms with Crippen LogP contribution in [0.15, 0.2) is 0 Å². The predicted octanol–water partition coefficient (Wildman–Crippen LogP) is 1.18. The van der Waals surface area contributed by atoms with Gasteiger partial charge in [-0.05, 0) is 19.8 Å². The molecule has 6 heteroatoms. The van der Waals surface area contributed by atoms with Crippen molar-refractivity contribution in [3.05, 3.63) is 0 Å². The first-order chi connectivity index (χ1) is 8.21. The Balaban J connectivity index is 3.27. The second kappa shape index (κ2) is 4.85. The highest BCUT2D eigenvalue weighted by atomic mass is 16.8. The molecule has 0 aromatic rings. The minimum atomic E-state index is -2.09. The molecule has 104 valence electrons. The van der Waals surface area contributed by atoms with Crippen LogP contribution < -0.4 is 0 Å². The molecule has 1 fully saturated rings. The zero-order chi connectivity index (χ0) is 14.1. The zero-order valence-corrected chi connectivity index (χ0v) is 11.4. The summed E-state index contributed by atoms with van der Waals surface area (Å²) >= 11 is 0. The quantitative estimate of drug-likeness (QED) is 0.603. The third kappa shape index (κ3) is 2.22. The Bertz CT molecular complexity index is 350. The number of methoxy groups -OCH3 is 1. The van der Waals surface area contributed by atoms with Gasteiger partial charge in [0, 0.05) is 0 Å². The molecule has 1 aliphatic heterocycles. The molecule has 6 nitrogen and oxygen atoms in total. The SMILES string of the molecule is CC[C@H](C)[C@@H]1OC(C)(C)O[C@@]1(C(=O)O)C(=O)OC. The van der Waals surface area contributed by atoms with Crippen LogP contribution in [0.25, 0.3) is 0 Å². The van der Waals surface area contributed by atoms with Gasteiger partial charge < -0.3 is 19.3 Å². The van der Waals surface area contributed by atoms with E-state index in [4.69, 9.17) is 9.47 Å². The van der Waals surface area contributed by atoms with Gasteiger partial charge in [0.15, 0.2) is 5.79 Å². The predicted molar refractivity (Wildman–Crippen MR) is 61.9 cm³/mol. The summed E-state index contributed by atoms with van der Waals surface area (Å²) in [6.45, 7) is 6.87. The van der Waals surface area contributed by atoms with E-state index in [1.54, 1.807) is 13.8 Å². The maximum atomic E-state index is 11.9. The lowest BCUT2D eigenvalue weighted by Crippen LogP contribution is -2.57. The molecule has 3 atom stereocenters. The molecular weight excluding hydrogens is 240 g/mol. The minimum absolute atomic E-state index is 0.151. The molecule has 0 radical (unpaired) electrons. The first kappa shape index (κ1) is 14.9. The summed E-state index contributed by atoms with van der Waals surface area (Å²) in [6.07, 6.45) is -0.210. The third-order valence-corrected chi connectivity index (χ3v) is 3.19. The molecule has 0 unspecified atom stereocenters. The minimum Gasteiger partial charge on any atom is -0.479 e. The van der Waals surface area contributed by atoms with E-state index in [2.05, 4.69) is 4.74 Å². The number of aliphatic carboxylic acids is 1. The molecule has 0 aromatic carbocycles. The summed E-state index contributed by atoms with van der Waals surface area (Å²) in [5.41, 5.74) is -2.09. The average molecular weight is 260 g/mol. The molecule has 0 aromatic heterocycles. The lowest BCUT2D eigenvalue weighted by Gasteiger charge is -2.28. The van der Waals surface area contributed by atoms with Crippen LogP contribution in [0.2, 0.25) is 0 Å². The van der Waals surface area contributed by atoms with Crippen LogP contribution >= 0.6 is 0 Å². The van der Waals surface area contributed by atoms with Crippen LogP contribution in [-0.2, 0) is 23.8 Å². The van der Waals surface area contributed by atoms with Gasteiger partial charge in [-0.2, -0.15) is 0 Å². The summed E-state index contributed by atoms with van der Waals surface area (Å²) < 4.78 is 15.6. The Hall–Kier alpha value is -1.14. The van der Waals surface area contributed by atoms with Crippen molar-refractivity contribution in [1.82, 2.24) is 0 Å². The highest BCUT2D eigenvalue weighted by Gasteiger charge is 2.66. The first-order valence-corrected chi connectivity index (χ1v) is 5.91. The van der Waals surface area contributed by atoms with Crippen LogP contribution in [0.5, 0.6) is 0 Å². The summed E-state index contributed by atoms with van der Waals surface area (Å²) in [6, 6.07) is 0. The fourth-order valence-corrected chi connectivity index (χ4v) is 2.15. The maximum absolute atomic E-state index is 11.9. The lowest BCUT2D eigenvalue weighted by atomic mass is 9.86. The Kier molecular flexibility index (Phi) is 4.02. The number of carbonyl (C=O) groups excluding carboxylic acids is 1. The van der Waals surface area contributed by atoms with Crippen LogP contribution in [0, 0.1) is 5.92 Å². The van der Waals surface area contributed by atoms with Gasteiger partial charge in [-0.25, -0.2) is 9.59 Å². The van der Waals surface area contributed by atoms with Crippen LogP contribution in [-0.4, -0.2) is 41.6 Å². The Morgan fingerprint density at radius 2 is 2.00 bits per heavy atom. The molecule has 1 aliphatic rings. The molecule has 18 heavy (non-hydrogen) atoms. The molecule has 1 heterocycles. The average Bonchev–Trinajstić information content (AvgIpc) is 2.60. The second-order valence-corrected chi connectivity index (χ2v) is 4.96. The summed E-state index contributed by atoms with van der Waals surface area (Å²) in [5.74, 6) is -3.61. The van der Waals surface area contributed by atoms with E-state index in [-0.39, 0.29) is 5.92 Å². The number of rotatable bonds is 4. The zero-order valence-electron chi connectivity index (χ0n) is 11.4. The molecule has 1 saturated heterocycles. The molecule has 1 N–H and O–H groups in total. The molecule has 0 aliphatic carbocycles. The molecular formula is C12H20O6. The van der Waals surface area contributed by atoms with Crippen LogP contribution in [0.3, 0.4) is 0 Å². The number of hydrogen-bond donors (Lipinski definition) is 1. The monoisotopic (exact) mass is 260 g/mol. The number of carbonyl (C=O) groups is 2. The van der Waals surface area contributed by atoms with E-state index >= 15 is 0 Å². The molecule has 0 bridgehead atoms. The van der Waals surface area contributed by atoms with Gasteiger partial charge in [0.2, 0.25) is 0 Å². The number of hydrogen-bond acceptors (Lipinski definition) is 5. The largest absolute Gasteiger partial charge is 0.479 e. The van der Waals surface area contributed by atoms with Gasteiger partial charge in [-0.1, -0.05) is 20.3 Å². The Labute approximate surface area is 106 Å². The maximum Gasteiger partial charge on any atom is 0.352 e. The highest BCUT2D eigenvalue weighted by Crippen LogP contribution is 2.41. The Morgan fingerprint density at radius 3 is 2.39 bits per heavy atom. The standard InChI is InChI=1S/C12H20O6/c1-6-7(2)8-12(9(13)14,10(15)16-5)18-11(3,4)17-8/h7-8H,6H2,1-5H3,(H,13,14)/t7-,8-,12-/m0/s1. The first-order valence-electron chi connectivity index (χ1n) is 5.91. The van der Waals surface area contributed by atoms with E-state index in [0.29, 0.717) is 6.42 Å². The van der Waals surface area contributed by atoms with Crippen molar-refractivity contribution >= 4 is 11.9 Å². The highest BCUT2D eigenvalue weighted by molar-refractivity contribution is 6.04. The van der Waals surface area contributed by atoms with Gasteiger partial charge in [0.25, 0.3) is 5.60 Å². The van der Waals surface area contributed by atoms with E-state index < -0.39 is 29.4 Å². The number of carboxylic acid groups (broad SMARTS) is 1. The van der Waals surface area contributed by atoms with E-state index in [1.165, 1.54) is 0 Å². The summed E-state index contributed by atoms with van der Waals surface area (Å²) in [7, 11) is 1.13. The summed E-state index contributed by atoms with van der Waals surface area (Å²) in [5, 5.41) is 9.41. The van der Waals surface area contributed by atoms with Gasteiger partial charge in [0.1, 0.15) is 6.10 Å². The number of esters is 1. The van der Waals surface area contributed by atoms with Gasteiger partial charge in [-0.3, -0.25) is 0 Å². The normalized spacial score (nSPS) is 31.9. The fourth-order valence-electron chi connectivity index (χ4n) is 2.15. The smallest absolute Gasteiger partial charge is 0.352 e. The van der Waals surface area contributed by atoms with E-state index in [0.717, 1.165) is 7.11 Å². The lowest BCUT2D eigenvalue weighted by molar-refractivity contribution is -0.199. The van der Waals surface area contributed by atoms with E-state index in [1.807, 2.05) is 13.8 Å². The number of carboxylic acids is 1. The molecule has 0 amide bonds. The second-order valence-electron chi connectivity index (χ2n) is 4.96. The van der Waals surface area contributed by atoms with Crippen molar-refractivity contribution < 1.29 is 28.9 Å². The van der Waals surface area contributed by atoms with Crippen molar-refractivity contribution in [3.63, 3.8) is 0 Å². The molecule has 1 rings (SSSR count). The van der Waals surface area contributed by atoms with Crippen molar-refractivity contribution in [3.8, 4) is 0 Å². The van der Waals surface area contributed by atoms with Gasteiger partial charge in [-0.15, -0.1) is 0 Å². The van der Waals surface area contributed by atoms with Crippen molar-refractivity contribution in [1.29, 1.82) is 0 Å². The van der Waals surface area contributed by atoms with Crippen LogP contribution in [0.1, 0.15) is 34.1 Å². The summed E-state index contributed by atoms with van der Waals surface area (Å²) in [4.78, 5) is 23.4. The molecule has 0 spiro atoms. The van der Waals surface area contributed by atoms with E-state index in [9.17, 15) is 14.7 Å². The fraction of sp³-hybridized carbons (Fsp3) is 0.833. The van der Waals surface area contributed by atoms with Crippen molar-refractivity contribution in [2.45, 2.75) is 51.6 Å². The van der Waals surface area contributed by atoms with Gasteiger partial charge in [0.05, 0.1) is 7.11 Å². The molecule has 0 saturated carbocycles. The Morgan fingerprint density at radius 1 is 1.44 bits per heavy atom. The number of ether oxygens (including phenoxy) is 3.